The lowest BCUT2D eigenvalue weighted by Crippen LogP contribution is -2.40. The Morgan fingerprint density at radius 1 is 1.32 bits per heavy atom. The van der Waals surface area contributed by atoms with Gasteiger partial charge in [0.2, 0.25) is 0 Å². The number of methoxy groups -OCH3 is 1. The van der Waals surface area contributed by atoms with Crippen molar-refractivity contribution in [3.05, 3.63) is 45.9 Å². The first-order valence-corrected chi connectivity index (χ1v) is 9.00. The van der Waals surface area contributed by atoms with E-state index in [9.17, 15) is 0 Å². The van der Waals surface area contributed by atoms with Crippen molar-refractivity contribution in [1.29, 1.82) is 0 Å². The molecule has 0 fully saturated rings. The van der Waals surface area contributed by atoms with E-state index in [1.54, 1.807) is 25.5 Å². The zero-order chi connectivity index (χ0) is 17.4. The molecule has 0 aliphatic rings. The highest BCUT2D eigenvalue weighted by atomic mass is 127. The lowest BCUT2D eigenvalue weighted by molar-refractivity contribution is 0.406. The average molecular weight is 474 g/mol. The quantitative estimate of drug-likeness (QED) is 0.366. The van der Waals surface area contributed by atoms with E-state index in [1.165, 1.54) is 5.56 Å². The molecule has 0 radical (unpaired) electrons. The Morgan fingerprint density at radius 3 is 2.72 bits per heavy atom. The molecule has 138 valence electrons. The van der Waals surface area contributed by atoms with Gasteiger partial charge in [0.05, 0.1) is 17.8 Å². The second-order valence-electron chi connectivity index (χ2n) is 5.63. The first kappa shape index (κ1) is 21.7. The molecule has 0 saturated carbocycles. The van der Waals surface area contributed by atoms with Crippen molar-refractivity contribution < 1.29 is 4.74 Å². The molecule has 0 aliphatic carbocycles. The molecule has 1 aromatic heterocycles. The van der Waals surface area contributed by atoms with E-state index < -0.39 is 0 Å². The summed E-state index contributed by atoms with van der Waals surface area (Å²) in [6.45, 7) is 5.80. The van der Waals surface area contributed by atoms with E-state index in [0.717, 1.165) is 41.9 Å². The molecule has 1 aromatic carbocycles. The normalized spacial score (nSPS) is 12.2. The van der Waals surface area contributed by atoms with Gasteiger partial charge in [-0.2, -0.15) is 0 Å². The number of nitrogens with zero attached hydrogens (tertiary/aromatic N) is 2. The van der Waals surface area contributed by atoms with E-state index in [-0.39, 0.29) is 24.0 Å². The second-order valence-corrected chi connectivity index (χ2v) is 6.69. The largest absolute Gasteiger partial charge is 0.496 e. The van der Waals surface area contributed by atoms with Gasteiger partial charge in [-0.3, -0.25) is 4.99 Å². The summed E-state index contributed by atoms with van der Waals surface area (Å²) in [6.07, 6.45) is 0.896. The average Bonchev–Trinajstić information content (AvgIpc) is 3.02. The van der Waals surface area contributed by atoms with Crippen LogP contribution in [0.25, 0.3) is 0 Å². The van der Waals surface area contributed by atoms with Crippen LogP contribution in [0.3, 0.4) is 0 Å². The molecule has 0 bridgehead atoms. The summed E-state index contributed by atoms with van der Waals surface area (Å²) in [4.78, 5) is 8.75. The number of benzene rings is 1. The highest BCUT2D eigenvalue weighted by molar-refractivity contribution is 14.0. The molecule has 0 aliphatic heterocycles. The predicted octanol–water partition coefficient (Wildman–Crippen LogP) is 3.59. The Balaban J connectivity index is 0.00000312. The smallest absolute Gasteiger partial charge is 0.191 e. The summed E-state index contributed by atoms with van der Waals surface area (Å²) in [5.41, 5.74) is 2.32. The molecule has 0 amide bonds. The number of aryl methyl sites for hydroxylation is 1. The van der Waals surface area contributed by atoms with Crippen LogP contribution in [0.1, 0.15) is 29.1 Å². The van der Waals surface area contributed by atoms with Crippen molar-refractivity contribution >= 4 is 41.3 Å². The van der Waals surface area contributed by atoms with Crippen molar-refractivity contribution in [1.82, 2.24) is 15.6 Å². The van der Waals surface area contributed by atoms with Gasteiger partial charge in [0.15, 0.2) is 5.96 Å². The van der Waals surface area contributed by atoms with Gasteiger partial charge in [0.25, 0.3) is 0 Å². The Bertz CT molecular complexity index is 675. The van der Waals surface area contributed by atoms with Gasteiger partial charge >= 0.3 is 0 Å². The molecule has 0 saturated heterocycles. The van der Waals surface area contributed by atoms with Crippen molar-refractivity contribution in [2.75, 3.05) is 27.2 Å². The fourth-order valence-electron chi connectivity index (χ4n) is 2.49. The standard InChI is InChI=1S/C18H26N4OS.HI/c1-13(16-7-5-6-8-17(16)23-4)11-21-18(19-3)20-10-9-15-12-24-14(2)22-15;/h5-8,12-13H,9-11H2,1-4H3,(H2,19,20,21);1H. The van der Waals surface area contributed by atoms with Crippen LogP contribution in [0.5, 0.6) is 5.75 Å². The number of hydrogen-bond acceptors (Lipinski definition) is 4. The van der Waals surface area contributed by atoms with Crippen LogP contribution < -0.4 is 15.4 Å². The van der Waals surface area contributed by atoms with Crippen LogP contribution in [0.2, 0.25) is 0 Å². The fraction of sp³-hybridized carbons (Fsp3) is 0.444. The van der Waals surface area contributed by atoms with Gasteiger partial charge in [0, 0.05) is 37.9 Å². The van der Waals surface area contributed by atoms with Crippen molar-refractivity contribution in [3.63, 3.8) is 0 Å². The lowest BCUT2D eigenvalue weighted by atomic mass is 10.0. The molecule has 7 heteroatoms. The maximum atomic E-state index is 5.44. The highest BCUT2D eigenvalue weighted by Crippen LogP contribution is 2.25. The molecule has 0 spiro atoms. The molecule has 1 unspecified atom stereocenters. The fourth-order valence-corrected chi connectivity index (χ4v) is 3.13. The zero-order valence-corrected chi connectivity index (χ0v) is 18.4. The number of guanidine groups is 1. The second kappa shape index (κ2) is 11.3. The van der Waals surface area contributed by atoms with E-state index in [2.05, 4.69) is 39.0 Å². The maximum Gasteiger partial charge on any atom is 0.191 e. The van der Waals surface area contributed by atoms with Crippen LogP contribution in [0.15, 0.2) is 34.6 Å². The molecular weight excluding hydrogens is 447 g/mol. The van der Waals surface area contributed by atoms with Gasteiger partial charge in [0.1, 0.15) is 5.75 Å². The SMILES string of the molecule is CN=C(NCCc1csc(C)n1)NCC(C)c1ccccc1OC.I. The van der Waals surface area contributed by atoms with Gasteiger partial charge < -0.3 is 15.4 Å². The van der Waals surface area contributed by atoms with E-state index in [0.29, 0.717) is 5.92 Å². The Hall–Kier alpha value is -1.35. The first-order valence-electron chi connectivity index (χ1n) is 8.12. The minimum Gasteiger partial charge on any atom is -0.496 e. The third kappa shape index (κ3) is 6.81. The Kier molecular flexibility index (Phi) is 9.81. The molecule has 2 rings (SSSR count). The van der Waals surface area contributed by atoms with Crippen LogP contribution in [-0.2, 0) is 6.42 Å². The predicted molar refractivity (Wildman–Crippen MR) is 117 cm³/mol. The highest BCUT2D eigenvalue weighted by Gasteiger charge is 2.11. The number of thiazole rings is 1. The number of rotatable bonds is 7. The molecule has 5 nitrogen and oxygen atoms in total. The van der Waals surface area contributed by atoms with Gasteiger partial charge in [-0.05, 0) is 18.6 Å². The van der Waals surface area contributed by atoms with Crippen LogP contribution in [0.4, 0.5) is 0 Å². The molecule has 2 aromatic rings. The third-order valence-corrected chi connectivity index (χ3v) is 4.63. The number of halogens is 1. The number of para-hydroxylation sites is 1. The minimum atomic E-state index is 0. The molecular formula is C18H27IN4OS. The van der Waals surface area contributed by atoms with Crippen LogP contribution in [-0.4, -0.2) is 38.2 Å². The summed E-state index contributed by atoms with van der Waals surface area (Å²) < 4.78 is 5.44. The molecule has 25 heavy (non-hydrogen) atoms. The third-order valence-electron chi connectivity index (χ3n) is 3.81. The van der Waals surface area contributed by atoms with E-state index in [1.807, 2.05) is 25.1 Å². The number of aliphatic imine (C=N–C) groups is 1. The van der Waals surface area contributed by atoms with Gasteiger partial charge in [-0.25, -0.2) is 4.98 Å². The zero-order valence-electron chi connectivity index (χ0n) is 15.2. The number of hydrogen-bond donors (Lipinski definition) is 2. The molecule has 2 N–H and O–H groups in total. The minimum absolute atomic E-state index is 0. The van der Waals surface area contributed by atoms with Crippen molar-refractivity contribution in [2.24, 2.45) is 4.99 Å². The molecule has 1 atom stereocenters. The number of ether oxygens (including phenoxy) is 1. The summed E-state index contributed by atoms with van der Waals surface area (Å²) in [7, 11) is 3.50. The summed E-state index contributed by atoms with van der Waals surface area (Å²) in [6, 6.07) is 8.13. The Labute approximate surface area is 171 Å². The Morgan fingerprint density at radius 2 is 2.08 bits per heavy atom. The summed E-state index contributed by atoms with van der Waals surface area (Å²) in [5.74, 6) is 2.05. The topological polar surface area (TPSA) is 58.5 Å². The number of nitrogens with one attached hydrogen (secondary N) is 2. The van der Waals surface area contributed by atoms with Crippen LogP contribution >= 0.6 is 35.3 Å². The van der Waals surface area contributed by atoms with Crippen molar-refractivity contribution in [3.8, 4) is 5.75 Å². The van der Waals surface area contributed by atoms with Gasteiger partial charge in [-0.1, -0.05) is 25.1 Å². The summed E-state index contributed by atoms with van der Waals surface area (Å²) in [5, 5.41) is 9.93. The lowest BCUT2D eigenvalue weighted by Gasteiger charge is -2.18. The van der Waals surface area contributed by atoms with Gasteiger partial charge in [-0.15, -0.1) is 35.3 Å². The monoisotopic (exact) mass is 474 g/mol. The van der Waals surface area contributed by atoms with E-state index >= 15 is 0 Å². The maximum absolute atomic E-state index is 5.44. The number of aromatic nitrogens is 1. The van der Waals surface area contributed by atoms with Crippen molar-refractivity contribution in [2.45, 2.75) is 26.2 Å². The van der Waals surface area contributed by atoms with Crippen LogP contribution in [0, 0.1) is 6.92 Å². The molecule has 1 heterocycles. The summed E-state index contributed by atoms with van der Waals surface area (Å²) >= 11 is 1.69. The van der Waals surface area contributed by atoms with E-state index in [4.69, 9.17) is 4.74 Å². The first-order chi connectivity index (χ1) is 11.6.